The highest BCUT2D eigenvalue weighted by molar-refractivity contribution is 6.33. The lowest BCUT2D eigenvalue weighted by Gasteiger charge is -2.43. The van der Waals surface area contributed by atoms with E-state index in [2.05, 4.69) is 46.6 Å². The molecule has 29 heavy (non-hydrogen) atoms. The number of primary amides is 1. The molecule has 152 valence electrons. The van der Waals surface area contributed by atoms with E-state index >= 15 is 0 Å². The van der Waals surface area contributed by atoms with Crippen molar-refractivity contribution in [2.75, 3.05) is 31.1 Å². The third-order valence-electron chi connectivity index (χ3n) is 6.67. The maximum Gasteiger partial charge on any atom is 0.228 e. The van der Waals surface area contributed by atoms with Gasteiger partial charge in [0.1, 0.15) is 0 Å². The van der Waals surface area contributed by atoms with Crippen LogP contribution in [0.25, 0.3) is 0 Å². The van der Waals surface area contributed by atoms with E-state index in [0.717, 1.165) is 43.9 Å². The predicted molar refractivity (Wildman–Crippen MR) is 120 cm³/mol. The van der Waals surface area contributed by atoms with E-state index in [4.69, 9.17) is 17.3 Å². The van der Waals surface area contributed by atoms with E-state index in [1.165, 1.54) is 5.56 Å². The lowest BCUT2D eigenvalue weighted by Crippen LogP contribution is -2.51. The van der Waals surface area contributed by atoms with E-state index in [1.807, 2.05) is 31.2 Å². The molecule has 2 aliphatic rings. The molecule has 0 aromatic heterocycles. The van der Waals surface area contributed by atoms with Crippen molar-refractivity contribution < 1.29 is 4.79 Å². The van der Waals surface area contributed by atoms with Gasteiger partial charge in [-0.1, -0.05) is 60.2 Å². The van der Waals surface area contributed by atoms with Crippen molar-refractivity contribution in [1.29, 1.82) is 0 Å². The van der Waals surface area contributed by atoms with Crippen LogP contribution < -0.4 is 16.0 Å². The van der Waals surface area contributed by atoms with Gasteiger partial charge < -0.3 is 16.0 Å². The summed E-state index contributed by atoms with van der Waals surface area (Å²) in [5, 5.41) is 4.16. The fourth-order valence-electron chi connectivity index (χ4n) is 4.90. The first-order valence-corrected chi connectivity index (χ1v) is 10.6. The number of carbonyl (C=O) groups excluding carboxylic acids is 1. The molecule has 0 bridgehead atoms. The number of hydrogen-bond donors (Lipinski definition) is 2. The molecule has 0 saturated carbocycles. The molecule has 0 spiro atoms. The number of piperidine rings is 1. The minimum Gasteiger partial charge on any atom is -0.369 e. The summed E-state index contributed by atoms with van der Waals surface area (Å²) in [5.41, 5.74) is 8.40. The molecule has 1 amide bonds. The van der Waals surface area contributed by atoms with Crippen LogP contribution in [0.4, 0.5) is 5.69 Å². The molecular weight excluding hydrogens is 382 g/mol. The van der Waals surface area contributed by atoms with Crippen LogP contribution >= 0.6 is 11.6 Å². The molecule has 2 aliphatic heterocycles. The third-order valence-corrected chi connectivity index (χ3v) is 6.97. The van der Waals surface area contributed by atoms with Crippen LogP contribution in [0.1, 0.15) is 30.4 Å². The van der Waals surface area contributed by atoms with Crippen LogP contribution in [0.5, 0.6) is 0 Å². The lowest BCUT2D eigenvalue weighted by molar-refractivity contribution is -0.125. The van der Waals surface area contributed by atoms with Crippen molar-refractivity contribution in [3.05, 3.63) is 76.8 Å². The van der Waals surface area contributed by atoms with Gasteiger partial charge >= 0.3 is 0 Å². The average molecular weight is 410 g/mol. The van der Waals surface area contributed by atoms with Crippen molar-refractivity contribution in [3.63, 3.8) is 0 Å². The predicted octanol–water partition coefficient (Wildman–Crippen LogP) is 3.85. The van der Waals surface area contributed by atoms with Crippen LogP contribution in [0.3, 0.4) is 0 Å². The molecule has 2 aromatic carbocycles. The SMILES string of the molecule is CC(C(N)=O)(c1ccc(N2CC=CC2)c(Cl)c1)C1CCNCC1c1ccccc1. The molecule has 5 heteroatoms. The Bertz CT molecular complexity index is 906. The molecule has 1 fully saturated rings. The third kappa shape index (κ3) is 3.67. The second-order valence-corrected chi connectivity index (χ2v) is 8.63. The number of amides is 1. The second kappa shape index (κ2) is 8.21. The largest absolute Gasteiger partial charge is 0.369 e. The Morgan fingerprint density at radius 3 is 2.55 bits per heavy atom. The zero-order chi connectivity index (χ0) is 20.4. The van der Waals surface area contributed by atoms with Gasteiger partial charge in [-0.15, -0.1) is 0 Å². The van der Waals surface area contributed by atoms with E-state index < -0.39 is 5.41 Å². The summed E-state index contributed by atoms with van der Waals surface area (Å²) >= 11 is 6.68. The lowest BCUT2D eigenvalue weighted by atomic mass is 9.62. The summed E-state index contributed by atoms with van der Waals surface area (Å²) in [6, 6.07) is 16.4. The van der Waals surface area contributed by atoms with Gasteiger partial charge in [0.15, 0.2) is 0 Å². The number of hydrogen-bond acceptors (Lipinski definition) is 3. The molecule has 2 aromatic rings. The number of rotatable bonds is 5. The monoisotopic (exact) mass is 409 g/mol. The maximum atomic E-state index is 12.9. The van der Waals surface area contributed by atoms with E-state index in [-0.39, 0.29) is 17.7 Å². The van der Waals surface area contributed by atoms with Gasteiger partial charge in [0.25, 0.3) is 0 Å². The van der Waals surface area contributed by atoms with Crippen molar-refractivity contribution in [3.8, 4) is 0 Å². The minimum absolute atomic E-state index is 0.0963. The molecule has 3 unspecified atom stereocenters. The van der Waals surface area contributed by atoms with Gasteiger partial charge in [0, 0.05) is 25.6 Å². The normalized spacial score (nSPS) is 23.7. The van der Waals surface area contributed by atoms with Crippen molar-refractivity contribution >= 4 is 23.2 Å². The second-order valence-electron chi connectivity index (χ2n) is 8.23. The summed E-state index contributed by atoms with van der Waals surface area (Å²) in [5.74, 6) is 0.0136. The Morgan fingerprint density at radius 2 is 1.90 bits per heavy atom. The number of nitrogens with two attached hydrogens (primary N) is 1. The average Bonchev–Trinajstić information content (AvgIpc) is 3.28. The van der Waals surface area contributed by atoms with Gasteiger partial charge in [-0.2, -0.15) is 0 Å². The first kappa shape index (κ1) is 20.0. The Balaban J connectivity index is 1.73. The molecule has 0 aliphatic carbocycles. The Kier molecular flexibility index (Phi) is 5.66. The van der Waals surface area contributed by atoms with Crippen molar-refractivity contribution in [2.24, 2.45) is 11.7 Å². The van der Waals surface area contributed by atoms with E-state index in [9.17, 15) is 4.79 Å². The number of carbonyl (C=O) groups is 1. The topological polar surface area (TPSA) is 58.4 Å². The highest BCUT2D eigenvalue weighted by Gasteiger charge is 2.46. The number of benzene rings is 2. The molecule has 3 N–H and O–H groups in total. The van der Waals surface area contributed by atoms with E-state index in [1.54, 1.807) is 0 Å². The van der Waals surface area contributed by atoms with Crippen molar-refractivity contribution in [1.82, 2.24) is 5.32 Å². The number of anilines is 1. The summed E-state index contributed by atoms with van der Waals surface area (Å²) in [7, 11) is 0. The Labute approximate surface area is 177 Å². The fraction of sp³-hybridized carbons (Fsp3) is 0.375. The first-order valence-electron chi connectivity index (χ1n) is 10.3. The first-order chi connectivity index (χ1) is 14.0. The van der Waals surface area contributed by atoms with Gasteiger partial charge in [-0.05, 0) is 49.1 Å². The number of nitrogens with zero attached hydrogens (tertiary/aromatic N) is 1. The van der Waals surface area contributed by atoms with Crippen LogP contribution in [-0.4, -0.2) is 32.1 Å². The minimum atomic E-state index is -0.798. The van der Waals surface area contributed by atoms with E-state index in [0.29, 0.717) is 5.02 Å². The Morgan fingerprint density at radius 1 is 1.17 bits per heavy atom. The van der Waals surface area contributed by atoms with Gasteiger partial charge in [-0.25, -0.2) is 0 Å². The van der Waals surface area contributed by atoms with Gasteiger partial charge in [0.05, 0.1) is 16.1 Å². The summed E-state index contributed by atoms with van der Waals surface area (Å²) in [4.78, 5) is 15.1. The molecule has 4 rings (SSSR count). The number of halogens is 1. The molecular formula is C24H28ClN3O. The quantitative estimate of drug-likeness (QED) is 0.737. The van der Waals surface area contributed by atoms with Crippen molar-refractivity contribution in [2.45, 2.75) is 24.7 Å². The molecule has 2 heterocycles. The summed E-state index contributed by atoms with van der Waals surface area (Å²) < 4.78 is 0. The van der Waals surface area contributed by atoms with Crippen LogP contribution in [0.15, 0.2) is 60.7 Å². The molecule has 4 nitrogen and oxygen atoms in total. The molecule has 1 saturated heterocycles. The Hall–Kier alpha value is -2.30. The van der Waals surface area contributed by atoms with Crippen LogP contribution in [0, 0.1) is 5.92 Å². The van der Waals surface area contributed by atoms with Crippen LogP contribution in [-0.2, 0) is 10.2 Å². The smallest absolute Gasteiger partial charge is 0.228 e. The molecule has 0 radical (unpaired) electrons. The molecule has 3 atom stereocenters. The number of nitrogens with one attached hydrogen (secondary N) is 1. The maximum absolute atomic E-state index is 12.9. The van der Waals surface area contributed by atoms with Gasteiger partial charge in [0.2, 0.25) is 5.91 Å². The van der Waals surface area contributed by atoms with Gasteiger partial charge in [-0.3, -0.25) is 4.79 Å². The summed E-state index contributed by atoms with van der Waals surface area (Å²) in [6.07, 6.45) is 5.16. The highest BCUT2D eigenvalue weighted by Crippen LogP contribution is 2.45. The fourth-order valence-corrected chi connectivity index (χ4v) is 5.20. The zero-order valence-electron chi connectivity index (χ0n) is 16.8. The zero-order valence-corrected chi connectivity index (χ0v) is 17.5. The summed E-state index contributed by atoms with van der Waals surface area (Å²) in [6.45, 7) is 5.42. The van der Waals surface area contributed by atoms with Crippen LogP contribution in [0.2, 0.25) is 5.02 Å². The standard InChI is InChI=1S/C24H28ClN3O/c1-24(23(26)29,18-9-10-22(21(25)15-18)28-13-5-6-14-28)20-11-12-27-16-19(20)17-7-3-2-4-8-17/h2-10,15,19-20,27H,11-14,16H2,1H3,(H2,26,29). The highest BCUT2D eigenvalue weighted by atomic mass is 35.5.